The van der Waals surface area contributed by atoms with E-state index in [1.165, 1.54) is 0 Å². The van der Waals surface area contributed by atoms with Gasteiger partial charge in [-0.2, -0.15) is 0 Å². The first-order chi connectivity index (χ1) is 8.94. The molecule has 1 aromatic carbocycles. The predicted octanol–water partition coefficient (Wildman–Crippen LogP) is 2.67. The normalized spacial score (nSPS) is 12.2. The Balaban J connectivity index is 0.00000400. The average molecular weight is 335 g/mol. The first kappa shape index (κ1) is 20.4. The van der Waals surface area contributed by atoms with E-state index in [-0.39, 0.29) is 19.0 Å². The van der Waals surface area contributed by atoms with E-state index in [1.54, 1.807) is 13.8 Å². The van der Waals surface area contributed by atoms with Gasteiger partial charge >= 0.3 is 0 Å². The van der Waals surface area contributed by atoms with Gasteiger partial charge in [0.05, 0.1) is 4.90 Å². The van der Waals surface area contributed by atoms with Crippen LogP contribution >= 0.6 is 12.4 Å². The second-order valence-corrected chi connectivity index (χ2v) is 7.77. The Bertz CT molecular complexity index is 609. The number of nitrogens with two attached hydrogens (primary N) is 1. The van der Waals surface area contributed by atoms with Crippen LogP contribution in [-0.2, 0) is 10.0 Å². The number of sulfonamides is 1. The van der Waals surface area contributed by atoms with Crippen LogP contribution in [0.1, 0.15) is 41.7 Å². The van der Waals surface area contributed by atoms with E-state index in [0.29, 0.717) is 4.90 Å². The Kier molecular flexibility index (Phi) is 6.45. The third kappa shape index (κ3) is 3.97. The van der Waals surface area contributed by atoms with E-state index in [1.807, 2.05) is 34.6 Å². The minimum Gasteiger partial charge on any atom is -0.329 e. The molecule has 0 saturated heterocycles. The molecule has 1 aromatic rings. The van der Waals surface area contributed by atoms with Crippen molar-refractivity contribution >= 4 is 22.4 Å². The summed E-state index contributed by atoms with van der Waals surface area (Å²) in [5.74, 6) is 0. The Morgan fingerprint density at radius 1 is 0.905 bits per heavy atom. The minimum absolute atomic E-state index is 0. The van der Waals surface area contributed by atoms with Crippen molar-refractivity contribution in [1.82, 2.24) is 4.72 Å². The molecule has 21 heavy (non-hydrogen) atoms. The fraction of sp³-hybridized carbons (Fsp3) is 0.600. The molecule has 0 amide bonds. The molecule has 0 aliphatic heterocycles. The molecule has 0 spiro atoms. The highest BCUT2D eigenvalue weighted by atomic mass is 35.5. The second-order valence-electron chi connectivity index (χ2n) is 6.15. The number of hydrogen-bond donors (Lipinski definition) is 2. The summed E-state index contributed by atoms with van der Waals surface area (Å²) in [4.78, 5) is 0.389. The lowest BCUT2D eigenvalue weighted by Gasteiger charge is -2.26. The molecule has 6 heteroatoms. The molecule has 0 aromatic heterocycles. The van der Waals surface area contributed by atoms with Crippen molar-refractivity contribution < 1.29 is 8.42 Å². The van der Waals surface area contributed by atoms with Crippen LogP contribution in [0.4, 0.5) is 0 Å². The van der Waals surface area contributed by atoms with Gasteiger partial charge < -0.3 is 5.73 Å². The quantitative estimate of drug-likeness (QED) is 0.889. The van der Waals surface area contributed by atoms with Crippen LogP contribution in [0.5, 0.6) is 0 Å². The molecule has 0 aliphatic rings. The van der Waals surface area contributed by atoms with Crippen molar-refractivity contribution in [3.8, 4) is 0 Å². The maximum atomic E-state index is 12.7. The van der Waals surface area contributed by atoms with Gasteiger partial charge in [-0.15, -0.1) is 12.4 Å². The zero-order valence-corrected chi connectivity index (χ0v) is 15.6. The van der Waals surface area contributed by atoms with E-state index in [4.69, 9.17) is 5.73 Å². The van der Waals surface area contributed by atoms with E-state index in [0.717, 1.165) is 27.8 Å². The number of rotatable bonds is 4. The van der Waals surface area contributed by atoms with Gasteiger partial charge in [0.1, 0.15) is 0 Å². The van der Waals surface area contributed by atoms with Crippen LogP contribution in [-0.4, -0.2) is 20.5 Å². The minimum atomic E-state index is -3.58. The highest BCUT2D eigenvalue weighted by molar-refractivity contribution is 7.89. The molecule has 0 saturated carbocycles. The van der Waals surface area contributed by atoms with E-state index in [2.05, 4.69) is 4.72 Å². The molecule has 0 heterocycles. The summed E-state index contributed by atoms with van der Waals surface area (Å²) >= 11 is 0. The Labute approximate surface area is 135 Å². The van der Waals surface area contributed by atoms with Crippen molar-refractivity contribution in [2.45, 2.75) is 58.9 Å². The Morgan fingerprint density at radius 2 is 1.24 bits per heavy atom. The summed E-state index contributed by atoms with van der Waals surface area (Å²) in [7, 11) is -3.58. The van der Waals surface area contributed by atoms with Crippen molar-refractivity contribution in [3.05, 3.63) is 27.8 Å². The van der Waals surface area contributed by atoms with Gasteiger partial charge in [-0.25, -0.2) is 13.1 Å². The molecule has 122 valence electrons. The van der Waals surface area contributed by atoms with Crippen LogP contribution in [0.2, 0.25) is 0 Å². The van der Waals surface area contributed by atoms with Crippen molar-refractivity contribution in [2.75, 3.05) is 6.54 Å². The molecule has 3 N–H and O–H groups in total. The maximum Gasteiger partial charge on any atom is 0.241 e. The van der Waals surface area contributed by atoms with Crippen LogP contribution in [0.25, 0.3) is 0 Å². The Morgan fingerprint density at radius 3 is 1.57 bits per heavy atom. The van der Waals surface area contributed by atoms with Crippen LogP contribution in [0.3, 0.4) is 0 Å². The summed E-state index contributed by atoms with van der Waals surface area (Å²) in [6.07, 6.45) is 0. The summed E-state index contributed by atoms with van der Waals surface area (Å²) in [6, 6.07) is 0. The molecule has 4 nitrogen and oxygen atoms in total. The number of halogens is 1. The summed E-state index contributed by atoms with van der Waals surface area (Å²) < 4.78 is 28.1. The highest BCUT2D eigenvalue weighted by Gasteiger charge is 2.29. The number of nitrogens with one attached hydrogen (secondary N) is 1. The van der Waals surface area contributed by atoms with Gasteiger partial charge in [-0.05, 0) is 76.3 Å². The predicted molar refractivity (Wildman–Crippen MR) is 90.8 cm³/mol. The summed E-state index contributed by atoms with van der Waals surface area (Å²) in [5.41, 5.74) is 9.79. The molecular formula is C15H27ClN2O2S. The van der Waals surface area contributed by atoms with E-state index < -0.39 is 15.6 Å². The Hall–Kier alpha value is -0.620. The number of benzene rings is 1. The monoisotopic (exact) mass is 334 g/mol. The molecule has 0 unspecified atom stereocenters. The summed E-state index contributed by atoms with van der Waals surface area (Å²) in [5, 5.41) is 0. The van der Waals surface area contributed by atoms with E-state index in [9.17, 15) is 8.42 Å². The second kappa shape index (κ2) is 6.65. The molecule has 0 aliphatic carbocycles. The standard InChI is InChI=1S/C15H26N2O2S.ClH/c1-9-10(2)12(4)14(13(5)11(9)3)20(18,19)17-15(6,7)8-16;/h17H,8,16H2,1-7H3;1H. The largest absolute Gasteiger partial charge is 0.329 e. The van der Waals surface area contributed by atoms with Gasteiger partial charge in [-0.3, -0.25) is 0 Å². The van der Waals surface area contributed by atoms with Crippen LogP contribution in [0.15, 0.2) is 4.90 Å². The van der Waals surface area contributed by atoms with Crippen molar-refractivity contribution in [2.24, 2.45) is 5.73 Å². The fourth-order valence-corrected chi connectivity index (χ4v) is 4.35. The highest BCUT2D eigenvalue weighted by Crippen LogP contribution is 2.29. The lowest BCUT2D eigenvalue weighted by atomic mass is 9.95. The molecule has 0 fully saturated rings. The van der Waals surface area contributed by atoms with Gasteiger partial charge in [-0.1, -0.05) is 0 Å². The first-order valence-electron chi connectivity index (χ1n) is 6.75. The zero-order chi connectivity index (χ0) is 15.9. The smallest absolute Gasteiger partial charge is 0.241 e. The fourth-order valence-electron chi connectivity index (χ4n) is 2.33. The van der Waals surface area contributed by atoms with Gasteiger partial charge in [0.2, 0.25) is 10.0 Å². The average Bonchev–Trinajstić information content (AvgIpc) is 2.32. The van der Waals surface area contributed by atoms with Crippen LogP contribution in [0, 0.1) is 34.6 Å². The van der Waals surface area contributed by atoms with Gasteiger partial charge in [0.15, 0.2) is 0 Å². The van der Waals surface area contributed by atoms with Crippen molar-refractivity contribution in [1.29, 1.82) is 0 Å². The molecule has 0 radical (unpaired) electrons. The van der Waals surface area contributed by atoms with Gasteiger partial charge in [0.25, 0.3) is 0 Å². The topological polar surface area (TPSA) is 72.2 Å². The first-order valence-corrected chi connectivity index (χ1v) is 8.24. The molecule has 0 bridgehead atoms. The van der Waals surface area contributed by atoms with Gasteiger partial charge in [0, 0.05) is 12.1 Å². The van der Waals surface area contributed by atoms with Crippen molar-refractivity contribution in [3.63, 3.8) is 0 Å². The lowest BCUT2D eigenvalue weighted by Crippen LogP contribution is -2.49. The molecule has 0 atom stereocenters. The molecular weight excluding hydrogens is 308 g/mol. The van der Waals surface area contributed by atoms with Crippen LogP contribution < -0.4 is 10.5 Å². The zero-order valence-electron chi connectivity index (χ0n) is 13.9. The number of hydrogen-bond acceptors (Lipinski definition) is 3. The van der Waals surface area contributed by atoms with E-state index >= 15 is 0 Å². The maximum absolute atomic E-state index is 12.7. The summed E-state index contributed by atoms with van der Waals surface area (Å²) in [6.45, 7) is 13.5. The SMILES string of the molecule is Cc1c(C)c(C)c(S(=O)(=O)NC(C)(C)CN)c(C)c1C.Cl. The third-order valence-electron chi connectivity index (χ3n) is 4.12. The third-order valence-corrected chi connectivity index (χ3v) is 6.09. The molecule has 1 rings (SSSR count). The lowest BCUT2D eigenvalue weighted by molar-refractivity contribution is 0.462.